The minimum absolute atomic E-state index is 0.0208. The maximum atomic E-state index is 12.7. The molecule has 8 nitrogen and oxygen atoms in total. The van der Waals surface area contributed by atoms with Crippen molar-refractivity contribution in [2.75, 3.05) is 6.61 Å². The van der Waals surface area contributed by atoms with Crippen LogP contribution in [0.3, 0.4) is 0 Å². The van der Waals surface area contributed by atoms with Crippen molar-refractivity contribution in [2.24, 2.45) is 5.41 Å². The van der Waals surface area contributed by atoms with Gasteiger partial charge in [0, 0.05) is 27.7 Å². The van der Waals surface area contributed by atoms with Gasteiger partial charge >= 0.3 is 5.97 Å². The highest BCUT2D eigenvalue weighted by Gasteiger charge is 2.38. The third kappa shape index (κ3) is 6.51. The minimum atomic E-state index is -0.831. The molecule has 0 radical (unpaired) electrons. The lowest BCUT2D eigenvalue weighted by Crippen LogP contribution is -2.32. The Hall–Kier alpha value is -2.51. The number of hydrogen-bond donors (Lipinski definition) is 0. The van der Waals surface area contributed by atoms with Gasteiger partial charge in [-0.2, -0.15) is 0 Å². The number of nitrogens with zero attached hydrogens (tertiary/aromatic N) is 1. The number of esters is 1. The van der Waals surface area contributed by atoms with E-state index in [1.54, 1.807) is 34.6 Å². The van der Waals surface area contributed by atoms with Gasteiger partial charge in [-0.15, -0.1) is 10.1 Å². The highest BCUT2D eigenvalue weighted by atomic mass is 17.0. The van der Waals surface area contributed by atoms with Crippen LogP contribution in [0, 0.1) is 15.5 Å². The third-order valence-electron chi connectivity index (χ3n) is 5.32. The van der Waals surface area contributed by atoms with E-state index in [1.165, 1.54) is 0 Å². The first-order valence-electron chi connectivity index (χ1n) is 9.87. The van der Waals surface area contributed by atoms with Crippen LogP contribution < -0.4 is 0 Å². The van der Waals surface area contributed by atoms with Crippen molar-refractivity contribution in [1.29, 1.82) is 0 Å². The standard InChI is InChI=1S/C21H31NO7/c1-7-16(29-22(26)27)10-8-9-11-28-17(23)12-21(5,6)18-15(4)19(24)13(2)14(3)20(18)25/h16H,7-12H2,1-6H3. The molecule has 0 heterocycles. The zero-order valence-corrected chi connectivity index (χ0v) is 18.1. The summed E-state index contributed by atoms with van der Waals surface area (Å²) in [5.41, 5.74) is 0.779. The fraction of sp³-hybridized carbons (Fsp3) is 0.667. The fourth-order valence-corrected chi connectivity index (χ4v) is 3.52. The number of ketones is 2. The number of carbonyl (C=O) groups is 3. The van der Waals surface area contributed by atoms with E-state index in [0.29, 0.717) is 48.0 Å². The molecular formula is C21H31NO7. The van der Waals surface area contributed by atoms with E-state index in [9.17, 15) is 24.5 Å². The highest BCUT2D eigenvalue weighted by molar-refractivity contribution is 6.25. The van der Waals surface area contributed by atoms with E-state index < -0.39 is 22.6 Å². The van der Waals surface area contributed by atoms with Gasteiger partial charge in [-0.3, -0.25) is 14.4 Å². The number of allylic oxidation sites excluding steroid dienone is 4. The van der Waals surface area contributed by atoms with Crippen LogP contribution in [0.25, 0.3) is 0 Å². The summed E-state index contributed by atoms with van der Waals surface area (Å²) in [5.74, 6) is -0.817. The summed E-state index contributed by atoms with van der Waals surface area (Å²) < 4.78 is 5.27. The van der Waals surface area contributed by atoms with Crippen molar-refractivity contribution in [3.05, 3.63) is 32.4 Å². The first-order valence-corrected chi connectivity index (χ1v) is 9.87. The Balaban J connectivity index is 2.58. The third-order valence-corrected chi connectivity index (χ3v) is 5.32. The van der Waals surface area contributed by atoms with Crippen LogP contribution in [0.15, 0.2) is 22.3 Å². The summed E-state index contributed by atoms with van der Waals surface area (Å²) in [6.07, 6.45) is 1.75. The molecule has 0 saturated heterocycles. The van der Waals surface area contributed by atoms with Crippen LogP contribution in [0.5, 0.6) is 0 Å². The molecule has 0 bridgehead atoms. The van der Waals surface area contributed by atoms with E-state index >= 15 is 0 Å². The number of ether oxygens (including phenoxy) is 1. The number of rotatable bonds is 11. The second-order valence-electron chi connectivity index (χ2n) is 8.04. The summed E-state index contributed by atoms with van der Waals surface area (Å²) in [5, 5.41) is 9.59. The molecule has 0 aromatic rings. The van der Waals surface area contributed by atoms with E-state index in [4.69, 9.17) is 4.74 Å². The molecule has 29 heavy (non-hydrogen) atoms. The minimum Gasteiger partial charge on any atom is -0.466 e. The summed E-state index contributed by atoms with van der Waals surface area (Å²) >= 11 is 0. The van der Waals surface area contributed by atoms with Crippen LogP contribution in [0.4, 0.5) is 0 Å². The molecule has 1 atom stereocenters. The normalized spacial score (nSPS) is 16.2. The van der Waals surface area contributed by atoms with Gasteiger partial charge in [0.2, 0.25) is 0 Å². The molecule has 1 rings (SSSR count). The summed E-state index contributed by atoms with van der Waals surface area (Å²) in [6, 6.07) is 0. The number of Topliss-reactive ketones (excluding diaryl/α,β-unsaturated/α-hetero) is 2. The van der Waals surface area contributed by atoms with E-state index in [2.05, 4.69) is 4.84 Å². The molecule has 1 aliphatic carbocycles. The lowest BCUT2D eigenvalue weighted by atomic mass is 9.71. The lowest BCUT2D eigenvalue weighted by Gasteiger charge is -2.31. The molecule has 0 fully saturated rings. The second kappa shape index (κ2) is 10.3. The Labute approximate surface area is 171 Å². The molecule has 1 aliphatic rings. The first-order chi connectivity index (χ1) is 13.4. The average Bonchev–Trinajstić information content (AvgIpc) is 2.62. The van der Waals surface area contributed by atoms with Crippen LogP contribution in [-0.2, 0) is 24.0 Å². The molecule has 0 aromatic carbocycles. The maximum Gasteiger partial charge on any atom is 0.306 e. The van der Waals surface area contributed by atoms with E-state index in [1.807, 2.05) is 6.92 Å². The first kappa shape index (κ1) is 24.5. The van der Waals surface area contributed by atoms with Gasteiger partial charge in [0.25, 0.3) is 5.09 Å². The summed E-state index contributed by atoms with van der Waals surface area (Å²) in [4.78, 5) is 52.3. The van der Waals surface area contributed by atoms with Crippen LogP contribution in [-0.4, -0.2) is 35.3 Å². The van der Waals surface area contributed by atoms with Gasteiger partial charge in [-0.05, 0) is 46.5 Å². The van der Waals surface area contributed by atoms with Crippen LogP contribution in [0.1, 0.15) is 73.6 Å². The zero-order chi connectivity index (χ0) is 22.4. The molecule has 0 saturated carbocycles. The maximum absolute atomic E-state index is 12.7. The van der Waals surface area contributed by atoms with Gasteiger partial charge in [-0.1, -0.05) is 20.8 Å². The van der Waals surface area contributed by atoms with Crippen molar-refractivity contribution < 1.29 is 29.0 Å². The molecular weight excluding hydrogens is 378 g/mol. The van der Waals surface area contributed by atoms with Crippen molar-refractivity contribution in [1.82, 2.24) is 0 Å². The predicted molar refractivity (Wildman–Crippen MR) is 106 cm³/mol. The molecule has 0 aromatic heterocycles. The monoisotopic (exact) mass is 409 g/mol. The summed E-state index contributed by atoms with van der Waals surface area (Å²) in [6.45, 7) is 10.4. The SMILES string of the molecule is CCC(CCCCOC(=O)CC(C)(C)C1=C(C)C(=O)C(C)=C(C)C1=O)O[N+](=O)[O-]. The van der Waals surface area contributed by atoms with E-state index in [-0.39, 0.29) is 24.6 Å². The lowest BCUT2D eigenvalue weighted by molar-refractivity contribution is -0.768. The van der Waals surface area contributed by atoms with Gasteiger partial charge in [0.15, 0.2) is 11.6 Å². The van der Waals surface area contributed by atoms with Gasteiger partial charge in [0.05, 0.1) is 13.0 Å². The molecule has 8 heteroatoms. The molecule has 0 aliphatic heterocycles. The zero-order valence-electron chi connectivity index (χ0n) is 18.1. The number of hydrogen-bond acceptors (Lipinski definition) is 7. The smallest absolute Gasteiger partial charge is 0.306 e. The Kier molecular flexibility index (Phi) is 8.73. The predicted octanol–water partition coefficient (Wildman–Crippen LogP) is 3.91. The molecule has 1 unspecified atom stereocenters. The topological polar surface area (TPSA) is 113 Å². The summed E-state index contributed by atoms with van der Waals surface area (Å²) in [7, 11) is 0. The van der Waals surface area contributed by atoms with Crippen LogP contribution in [0.2, 0.25) is 0 Å². The Morgan fingerprint density at radius 3 is 2.21 bits per heavy atom. The quantitative estimate of drug-likeness (QED) is 0.167. The number of unbranched alkanes of at least 4 members (excludes halogenated alkanes) is 1. The second-order valence-corrected chi connectivity index (χ2v) is 8.04. The van der Waals surface area contributed by atoms with Gasteiger partial charge in [-0.25, -0.2) is 0 Å². The Bertz CT molecular complexity index is 746. The number of carbonyl (C=O) groups excluding carboxylic acids is 3. The van der Waals surface area contributed by atoms with Gasteiger partial charge < -0.3 is 9.57 Å². The highest BCUT2D eigenvalue weighted by Crippen LogP contribution is 2.39. The molecule has 0 spiro atoms. The Morgan fingerprint density at radius 2 is 1.66 bits per heavy atom. The van der Waals surface area contributed by atoms with Crippen molar-refractivity contribution in [2.45, 2.75) is 79.8 Å². The molecule has 162 valence electrons. The fourth-order valence-electron chi connectivity index (χ4n) is 3.52. The average molecular weight is 409 g/mol. The van der Waals surface area contributed by atoms with Gasteiger partial charge in [0.1, 0.15) is 6.10 Å². The van der Waals surface area contributed by atoms with E-state index in [0.717, 1.165) is 0 Å². The van der Waals surface area contributed by atoms with Crippen molar-refractivity contribution in [3.63, 3.8) is 0 Å². The van der Waals surface area contributed by atoms with Crippen LogP contribution >= 0.6 is 0 Å². The van der Waals surface area contributed by atoms with Crippen molar-refractivity contribution in [3.8, 4) is 0 Å². The Morgan fingerprint density at radius 1 is 1.07 bits per heavy atom. The van der Waals surface area contributed by atoms with Crippen molar-refractivity contribution >= 4 is 17.5 Å². The molecule has 0 N–H and O–H groups in total. The molecule has 0 amide bonds. The largest absolute Gasteiger partial charge is 0.466 e.